The molecule has 0 aliphatic heterocycles. The number of benzene rings is 2. The third-order valence-corrected chi connectivity index (χ3v) is 5.08. The average Bonchev–Trinajstić information content (AvgIpc) is 3.29. The quantitative estimate of drug-likeness (QED) is 0.478. The lowest BCUT2D eigenvalue weighted by Crippen LogP contribution is -2.14. The number of hydrogen-bond donors (Lipinski definition) is 2. The van der Waals surface area contributed by atoms with E-state index < -0.39 is 88.8 Å². The normalized spacial score (nSPS) is 19.4. The molecule has 2 aromatic heterocycles. The topological polar surface area (TPSA) is 119 Å². The van der Waals surface area contributed by atoms with Crippen molar-refractivity contribution in [2.75, 3.05) is 17.3 Å². The standard InChI is InChI=1S/C21H23N7O2S/c1-13-5-6-15(11-19(13)31(22,29)30)24-21-23-10-9-20(25-21)27(3)16-7-8-17-14(2)28(4)26-18(17)12-16/h5-12H,1-4H3,(H2,22,29,30)(H,23,24,25)/i1D3,2D3,4D3,5D,6D,9D,10D,11D. The molecule has 0 spiro atoms. The van der Waals surface area contributed by atoms with E-state index in [2.05, 4.69) is 20.4 Å². The van der Waals surface area contributed by atoms with Crippen LogP contribution in [-0.2, 0) is 17.0 Å². The van der Waals surface area contributed by atoms with Crippen LogP contribution in [0.15, 0.2) is 53.4 Å². The number of sulfonamides is 1. The van der Waals surface area contributed by atoms with Crippen molar-refractivity contribution in [3.63, 3.8) is 0 Å². The lowest BCUT2D eigenvalue weighted by Gasteiger charge is -2.19. The molecule has 0 aliphatic rings. The molecular formula is C21H23N7O2S. The van der Waals surface area contributed by atoms with Gasteiger partial charge in [-0.05, 0) is 55.6 Å². The Balaban J connectivity index is 1.86. The van der Waals surface area contributed by atoms with Crippen LogP contribution in [0.1, 0.15) is 30.4 Å². The Morgan fingerprint density at radius 1 is 1.26 bits per heavy atom. The fourth-order valence-corrected chi connectivity index (χ4v) is 3.26. The minimum absolute atomic E-state index is 0.0165. The predicted molar refractivity (Wildman–Crippen MR) is 121 cm³/mol. The minimum Gasteiger partial charge on any atom is -0.329 e. The highest BCUT2D eigenvalue weighted by Gasteiger charge is 2.14. The smallest absolute Gasteiger partial charge is 0.238 e. The molecule has 9 nitrogen and oxygen atoms in total. The molecule has 0 amide bonds. The Morgan fingerprint density at radius 3 is 2.87 bits per heavy atom. The number of aryl methyl sites for hydroxylation is 2. The summed E-state index contributed by atoms with van der Waals surface area (Å²) in [4.78, 5) is 7.94. The predicted octanol–water partition coefficient (Wildman–Crippen LogP) is 3.14. The molecule has 10 heteroatoms. The van der Waals surface area contributed by atoms with Gasteiger partial charge in [0, 0.05) is 55.0 Å². The van der Waals surface area contributed by atoms with Crippen LogP contribution in [-0.4, -0.2) is 35.2 Å². The maximum atomic E-state index is 12.3. The van der Waals surface area contributed by atoms with Crippen molar-refractivity contribution >= 4 is 44.1 Å². The van der Waals surface area contributed by atoms with E-state index in [-0.39, 0.29) is 22.4 Å². The average molecular weight is 452 g/mol. The number of nitrogens with two attached hydrogens (primary N) is 1. The first-order valence-corrected chi connectivity index (χ1v) is 9.97. The van der Waals surface area contributed by atoms with Crippen LogP contribution < -0.4 is 15.4 Å². The van der Waals surface area contributed by atoms with Gasteiger partial charge in [0.05, 0.1) is 17.3 Å². The molecule has 2 heterocycles. The number of primary sulfonamides is 1. The lowest BCUT2D eigenvalue weighted by atomic mass is 10.2. The zero-order valence-electron chi connectivity index (χ0n) is 29.8. The summed E-state index contributed by atoms with van der Waals surface area (Å²) in [5, 5.41) is 11.5. The van der Waals surface area contributed by atoms with E-state index in [1.54, 1.807) is 0 Å². The zero-order chi connectivity index (χ0) is 34.2. The molecule has 0 saturated heterocycles. The lowest BCUT2D eigenvalue weighted by molar-refractivity contribution is 0.597. The van der Waals surface area contributed by atoms with Crippen molar-refractivity contribution in [1.82, 2.24) is 19.7 Å². The molecule has 0 aliphatic carbocycles. The summed E-state index contributed by atoms with van der Waals surface area (Å²) < 4.78 is 136. The monoisotopic (exact) mass is 451 g/mol. The second-order valence-electron chi connectivity index (χ2n) is 6.25. The van der Waals surface area contributed by atoms with E-state index in [0.717, 1.165) is 0 Å². The minimum atomic E-state index is -4.90. The van der Waals surface area contributed by atoms with E-state index in [4.69, 9.17) is 24.3 Å². The van der Waals surface area contributed by atoms with Crippen LogP contribution in [0.4, 0.5) is 23.1 Å². The maximum absolute atomic E-state index is 12.3. The number of anilines is 4. The Morgan fingerprint density at radius 2 is 2.13 bits per heavy atom. The first-order chi connectivity index (χ1) is 20.4. The third-order valence-electron chi connectivity index (χ3n) is 4.20. The van der Waals surface area contributed by atoms with Crippen molar-refractivity contribution in [3.05, 3.63) is 59.8 Å². The van der Waals surface area contributed by atoms with Gasteiger partial charge in [-0.1, -0.05) is 6.04 Å². The van der Waals surface area contributed by atoms with Crippen LogP contribution in [0.5, 0.6) is 0 Å². The number of hydrogen-bond acceptors (Lipinski definition) is 7. The van der Waals surface area contributed by atoms with Crippen molar-refractivity contribution in [2.45, 2.75) is 18.6 Å². The Kier molecular flexibility index (Phi) is 2.40. The first kappa shape index (κ1) is 9.75. The summed E-state index contributed by atoms with van der Waals surface area (Å²) in [6.45, 7) is -8.95. The molecule has 0 bridgehead atoms. The largest absolute Gasteiger partial charge is 0.329 e. The van der Waals surface area contributed by atoms with Gasteiger partial charge in [-0.3, -0.25) is 4.68 Å². The highest BCUT2D eigenvalue weighted by atomic mass is 32.2. The molecule has 160 valence electrons. The molecule has 3 N–H and O–H groups in total. The Labute approximate surface area is 200 Å². The van der Waals surface area contributed by atoms with Crippen LogP contribution >= 0.6 is 0 Å². The molecule has 4 rings (SSSR count). The van der Waals surface area contributed by atoms with E-state index in [0.29, 0.717) is 4.68 Å². The number of aromatic nitrogens is 4. The summed E-state index contributed by atoms with van der Waals surface area (Å²) in [6, 6.07) is 0.486. The number of fused-ring (bicyclic) bond motifs is 1. The maximum Gasteiger partial charge on any atom is 0.238 e. The van der Waals surface area contributed by atoms with Crippen LogP contribution in [0, 0.1) is 13.7 Å². The summed E-state index contributed by atoms with van der Waals surface area (Å²) >= 11 is 0. The Bertz CT molecular complexity index is 1950. The van der Waals surface area contributed by atoms with E-state index >= 15 is 0 Å². The van der Waals surface area contributed by atoms with Gasteiger partial charge in [-0.2, -0.15) is 10.1 Å². The van der Waals surface area contributed by atoms with Crippen molar-refractivity contribution in [3.8, 4) is 0 Å². The molecule has 0 unspecified atom stereocenters. The van der Waals surface area contributed by atoms with Crippen LogP contribution in [0.25, 0.3) is 10.9 Å². The van der Waals surface area contributed by atoms with Gasteiger partial charge in [0.15, 0.2) is 0 Å². The summed E-state index contributed by atoms with van der Waals surface area (Å²) in [7, 11) is -3.50. The van der Waals surface area contributed by atoms with E-state index in [1.165, 1.54) is 30.1 Å². The van der Waals surface area contributed by atoms with Crippen molar-refractivity contribution < 1.29 is 27.6 Å². The summed E-state index contributed by atoms with van der Waals surface area (Å²) in [6.07, 6.45) is -0.679. The Hall–Kier alpha value is -3.50. The van der Waals surface area contributed by atoms with Gasteiger partial charge >= 0.3 is 0 Å². The molecule has 31 heavy (non-hydrogen) atoms. The molecule has 0 saturated carbocycles. The van der Waals surface area contributed by atoms with Crippen LogP contribution in [0.2, 0.25) is 0 Å². The van der Waals surface area contributed by atoms with Crippen molar-refractivity contribution in [1.29, 1.82) is 0 Å². The summed E-state index contributed by atoms with van der Waals surface area (Å²) in [5.74, 6) is -0.809. The molecule has 0 radical (unpaired) electrons. The van der Waals surface area contributed by atoms with Crippen LogP contribution in [0.3, 0.4) is 0 Å². The summed E-state index contributed by atoms with van der Waals surface area (Å²) in [5.41, 5.74) is -2.15. The highest BCUT2D eigenvalue weighted by Crippen LogP contribution is 2.28. The van der Waals surface area contributed by atoms with E-state index in [1.807, 2.05) is 0 Å². The molecule has 4 aromatic rings. The second kappa shape index (κ2) is 7.64. The molecule has 0 atom stereocenters. The molecular weight excluding hydrogens is 414 g/mol. The first-order valence-electron chi connectivity index (χ1n) is 15.4. The number of nitrogens with zero attached hydrogens (tertiary/aromatic N) is 5. The fourth-order valence-electron chi connectivity index (χ4n) is 2.68. The number of rotatable bonds is 5. The fraction of sp³-hybridized carbons (Fsp3) is 0.190. The highest BCUT2D eigenvalue weighted by molar-refractivity contribution is 7.89. The second-order valence-corrected chi connectivity index (χ2v) is 7.75. The van der Waals surface area contributed by atoms with Gasteiger partial charge < -0.3 is 10.2 Å². The molecule has 0 fully saturated rings. The zero-order valence-corrected chi connectivity index (χ0v) is 16.6. The van der Waals surface area contributed by atoms with E-state index in [9.17, 15) is 8.42 Å². The SMILES string of the molecule is [2H]c1nc(Nc2c([2H])c([2H])c(C([2H])([2H])[2H])c(S(N)(=O)=O)c2[2H])nc(N(C)c2ccc3c(C([2H])([2H])[2H])n(C([2H])([2H])[2H])nc3c2)c1[2H]. The number of nitrogens with one attached hydrogen (secondary N) is 1. The van der Waals surface area contributed by atoms with Gasteiger partial charge in [-0.25, -0.2) is 18.5 Å². The third kappa shape index (κ3) is 4.07. The van der Waals surface area contributed by atoms with Gasteiger partial charge in [0.2, 0.25) is 16.0 Å². The molecule has 2 aromatic carbocycles. The van der Waals surface area contributed by atoms with Crippen molar-refractivity contribution in [2.24, 2.45) is 12.1 Å². The van der Waals surface area contributed by atoms with Gasteiger partial charge in [0.25, 0.3) is 0 Å². The van der Waals surface area contributed by atoms with Gasteiger partial charge in [-0.15, -0.1) is 0 Å². The van der Waals surface area contributed by atoms with Gasteiger partial charge in [0.1, 0.15) is 5.82 Å².